The second-order valence-corrected chi connectivity index (χ2v) is 7.31. The summed E-state index contributed by atoms with van der Waals surface area (Å²) in [5, 5.41) is 1.81. The van der Waals surface area contributed by atoms with E-state index < -0.39 is 8.24 Å². The minimum Gasteiger partial charge on any atom is -0.399 e. The maximum atomic E-state index is 5.94. The molecule has 0 saturated heterocycles. The molecule has 0 saturated carbocycles. The number of fused-ring (bicyclic) bond motifs is 3. The summed E-state index contributed by atoms with van der Waals surface area (Å²) in [6.07, 6.45) is 0. The van der Waals surface area contributed by atoms with Crippen LogP contribution < -0.4 is 4.52 Å². The van der Waals surface area contributed by atoms with Crippen LogP contribution in [0, 0.1) is 0 Å². The van der Waals surface area contributed by atoms with Gasteiger partial charge in [-0.3, -0.25) is 4.52 Å². The Balaban J connectivity index is 1.94. The summed E-state index contributed by atoms with van der Waals surface area (Å²) < 4.78 is 27.9. The molecule has 0 spiro atoms. The predicted molar refractivity (Wildman–Crippen MR) is 105 cm³/mol. The number of benzene rings is 2. The molecule has 25 heavy (non-hydrogen) atoms. The van der Waals surface area contributed by atoms with Crippen molar-refractivity contribution in [2.75, 3.05) is 33.5 Å². The maximum Gasteiger partial charge on any atom is 0.387 e. The lowest BCUT2D eigenvalue weighted by Crippen LogP contribution is -2.08. The van der Waals surface area contributed by atoms with E-state index in [-0.39, 0.29) is 0 Å². The first-order valence-corrected chi connectivity index (χ1v) is 9.68. The van der Waals surface area contributed by atoms with Crippen LogP contribution in [-0.4, -0.2) is 33.5 Å². The Kier molecular flexibility index (Phi) is 6.76. The zero-order chi connectivity index (χ0) is 17.6. The molecule has 134 valence electrons. The molecule has 0 atom stereocenters. The number of methoxy groups -OCH3 is 1. The minimum absolute atomic E-state index is 0.370. The van der Waals surface area contributed by atoms with Gasteiger partial charge < -0.3 is 17.9 Å². The molecule has 8 heteroatoms. The Morgan fingerprint density at radius 1 is 0.840 bits per heavy atom. The number of thiol groups is 2. The highest BCUT2D eigenvalue weighted by molar-refractivity contribution is 7.80. The molecule has 0 aliphatic rings. The van der Waals surface area contributed by atoms with E-state index in [4.69, 9.17) is 22.4 Å². The smallest absolute Gasteiger partial charge is 0.387 e. The van der Waals surface area contributed by atoms with E-state index in [1.165, 1.54) is 0 Å². The van der Waals surface area contributed by atoms with E-state index in [2.05, 4.69) is 25.3 Å². The van der Waals surface area contributed by atoms with Gasteiger partial charge in [0.05, 0.1) is 26.4 Å². The van der Waals surface area contributed by atoms with Gasteiger partial charge in [-0.15, -0.1) is 25.3 Å². The first-order valence-electron chi connectivity index (χ1n) is 7.69. The normalized spacial score (nSPS) is 11.3. The second kappa shape index (κ2) is 9.03. The van der Waals surface area contributed by atoms with Gasteiger partial charge >= 0.3 is 8.24 Å². The number of ether oxygens (including phenoxy) is 2. The largest absolute Gasteiger partial charge is 0.399 e. The molecule has 3 rings (SSSR count). The van der Waals surface area contributed by atoms with Crippen molar-refractivity contribution in [3.8, 4) is 0 Å². The molecule has 0 radical (unpaired) electrons. The lowest BCUT2D eigenvalue weighted by atomic mass is 10.1. The molecule has 2 aromatic carbocycles. The van der Waals surface area contributed by atoms with Gasteiger partial charge in [0.2, 0.25) is 0 Å². The van der Waals surface area contributed by atoms with Crippen molar-refractivity contribution >= 4 is 55.4 Å². The molecule has 0 unspecified atom stereocenters. The maximum absolute atomic E-state index is 5.94. The van der Waals surface area contributed by atoms with Crippen molar-refractivity contribution in [2.45, 2.75) is 9.79 Å². The van der Waals surface area contributed by atoms with Crippen molar-refractivity contribution < 1.29 is 22.4 Å². The van der Waals surface area contributed by atoms with Gasteiger partial charge in [0.1, 0.15) is 11.2 Å². The van der Waals surface area contributed by atoms with E-state index in [0.717, 1.165) is 20.6 Å². The van der Waals surface area contributed by atoms with Gasteiger partial charge in [-0.05, 0) is 36.4 Å². The molecule has 0 amide bonds. The Bertz CT molecular complexity index is 833. The summed E-state index contributed by atoms with van der Waals surface area (Å²) >= 11 is 8.84. The fourth-order valence-corrected chi connectivity index (χ4v) is 3.68. The highest BCUT2D eigenvalue weighted by atomic mass is 32.1. The van der Waals surface area contributed by atoms with E-state index in [1.54, 1.807) is 7.11 Å². The Hall–Kier alpha value is -1.08. The standard InChI is InChI=1S/C17H19O5PS2/c1-18-6-7-19-8-9-20-23-21-16-4-2-12(24)10-14(16)15-11-13(25)3-5-17(15)22-23/h2-5,10-11,24-25H,6-9H2,1H3. The third kappa shape index (κ3) is 4.97. The Morgan fingerprint density at radius 2 is 1.40 bits per heavy atom. The monoisotopic (exact) mass is 398 g/mol. The Labute approximate surface area is 157 Å². The third-order valence-electron chi connectivity index (χ3n) is 3.42. The quantitative estimate of drug-likeness (QED) is 0.435. The zero-order valence-corrected chi connectivity index (χ0v) is 16.4. The summed E-state index contributed by atoms with van der Waals surface area (Å²) in [4.78, 5) is 1.69. The highest BCUT2D eigenvalue weighted by Crippen LogP contribution is 2.35. The molecule has 0 bridgehead atoms. The third-order valence-corrected chi connectivity index (χ3v) is 5.06. The van der Waals surface area contributed by atoms with E-state index in [9.17, 15) is 0 Å². The van der Waals surface area contributed by atoms with Crippen LogP contribution in [0.5, 0.6) is 0 Å². The SMILES string of the molecule is COCCOCCOp1oc2ccc(S)cc2c2cc(S)ccc2o1. The molecule has 5 nitrogen and oxygen atoms in total. The molecular weight excluding hydrogens is 379 g/mol. The fraction of sp³-hybridized carbons (Fsp3) is 0.294. The van der Waals surface area contributed by atoms with Gasteiger partial charge in [-0.2, -0.15) is 0 Å². The zero-order valence-electron chi connectivity index (χ0n) is 13.7. The van der Waals surface area contributed by atoms with Gasteiger partial charge in [0.15, 0.2) is 0 Å². The van der Waals surface area contributed by atoms with Crippen LogP contribution in [0.15, 0.2) is 54.6 Å². The molecule has 1 heterocycles. The number of hydrogen-bond donors (Lipinski definition) is 2. The molecule has 0 N–H and O–H groups in total. The van der Waals surface area contributed by atoms with E-state index in [1.807, 2.05) is 36.4 Å². The van der Waals surface area contributed by atoms with Crippen molar-refractivity contribution in [3.05, 3.63) is 36.4 Å². The molecule has 0 aliphatic carbocycles. The Morgan fingerprint density at radius 3 is 1.96 bits per heavy atom. The van der Waals surface area contributed by atoms with Crippen LogP contribution in [0.2, 0.25) is 0 Å². The molecule has 0 fully saturated rings. The van der Waals surface area contributed by atoms with Crippen LogP contribution in [0.4, 0.5) is 0 Å². The van der Waals surface area contributed by atoms with Crippen LogP contribution >= 0.6 is 33.5 Å². The summed E-state index contributed by atoms with van der Waals surface area (Å²) in [6.45, 7) is 1.90. The molecular formula is C17H19O5PS2. The first-order chi connectivity index (χ1) is 12.2. The van der Waals surface area contributed by atoms with Crippen molar-refractivity contribution in [2.24, 2.45) is 0 Å². The summed E-state index contributed by atoms with van der Waals surface area (Å²) in [5.41, 5.74) is 1.39. The van der Waals surface area contributed by atoms with Crippen LogP contribution in [0.1, 0.15) is 0 Å². The fourth-order valence-electron chi connectivity index (χ4n) is 2.26. The molecule has 3 aromatic rings. The van der Waals surface area contributed by atoms with Gasteiger partial charge in [0, 0.05) is 27.7 Å². The summed E-state index contributed by atoms with van der Waals surface area (Å²) in [7, 11) is 0.0601. The number of hydrogen-bond acceptors (Lipinski definition) is 7. The van der Waals surface area contributed by atoms with Crippen LogP contribution in [0.3, 0.4) is 0 Å². The summed E-state index contributed by atoms with van der Waals surface area (Å²) in [6, 6.07) is 11.4. The average Bonchev–Trinajstić information content (AvgIpc) is 2.74. The topological polar surface area (TPSA) is 54.0 Å². The van der Waals surface area contributed by atoms with Crippen LogP contribution in [-0.2, 0) is 9.47 Å². The average molecular weight is 398 g/mol. The lowest BCUT2D eigenvalue weighted by Gasteiger charge is -2.02. The van der Waals surface area contributed by atoms with Gasteiger partial charge in [-0.25, -0.2) is 0 Å². The van der Waals surface area contributed by atoms with E-state index >= 15 is 0 Å². The van der Waals surface area contributed by atoms with Gasteiger partial charge in [0.25, 0.3) is 0 Å². The highest BCUT2D eigenvalue weighted by Gasteiger charge is 2.08. The van der Waals surface area contributed by atoms with Gasteiger partial charge in [-0.1, -0.05) is 0 Å². The second-order valence-electron chi connectivity index (χ2n) is 5.21. The lowest BCUT2D eigenvalue weighted by molar-refractivity contribution is 0.0598. The van der Waals surface area contributed by atoms with Crippen molar-refractivity contribution in [3.63, 3.8) is 0 Å². The van der Waals surface area contributed by atoms with Crippen molar-refractivity contribution in [1.82, 2.24) is 0 Å². The minimum atomic E-state index is -1.58. The summed E-state index contributed by atoms with van der Waals surface area (Å²) in [5.74, 6) is 0. The first kappa shape index (κ1) is 18.7. The molecule has 1 aromatic heterocycles. The van der Waals surface area contributed by atoms with Crippen LogP contribution in [0.25, 0.3) is 21.9 Å². The number of rotatable bonds is 7. The predicted octanol–water partition coefficient (Wildman–Crippen LogP) is 4.96. The van der Waals surface area contributed by atoms with Crippen molar-refractivity contribution in [1.29, 1.82) is 0 Å². The molecule has 0 aliphatic heterocycles. The van der Waals surface area contributed by atoms with E-state index in [0.29, 0.717) is 37.6 Å².